The van der Waals surface area contributed by atoms with Gasteiger partial charge in [0, 0.05) is 7.05 Å². The van der Waals surface area contributed by atoms with Crippen LogP contribution in [0.1, 0.15) is 29.1 Å². The number of aromatic amines is 1. The molecule has 1 unspecified atom stereocenters. The van der Waals surface area contributed by atoms with E-state index in [-0.39, 0.29) is 17.3 Å². The van der Waals surface area contributed by atoms with Crippen molar-refractivity contribution in [1.82, 2.24) is 24.3 Å². The number of rotatable bonds is 3. The number of benzene rings is 1. The molecule has 0 amide bonds. The quantitative estimate of drug-likeness (QED) is 0.740. The van der Waals surface area contributed by atoms with Crippen LogP contribution >= 0.6 is 0 Å². The second kappa shape index (κ2) is 4.58. The highest BCUT2D eigenvalue weighted by Crippen LogP contribution is 2.20. The van der Waals surface area contributed by atoms with Gasteiger partial charge in [0.25, 0.3) is 0 Å². The van der Waals surface area contributed by atoms with Crippen molar-refractivity contribution in [2.75, 3.05) is 0 Å². The summed E-state index contributed by atoms with van der Waals surface area (Å²) in [6.45, 7) is 1.81. The molecule has 0 radical (unpaired) electrons. The standard InChI is InChI=1S/C13H13N5O3/c1-7(11-16-14-6-17(11)2)18-10-5-8(12(19)20)3-4-9(10)15-13(18)21/h3-7H,1-2H3,(H,15,21)(H,19,20). The van der Waals surface area contributed by atoms with Crippen molar-refractivity contribution in [1.29, 1.82) is 0 Å². The number of aromatic nitrogens is 5. The van der Waals surface area contributed by atoms with Gasteiger partial charge < -0.3 is 14.7 Å². The van der Waals surface area contributed by atoms with E-state index < -0.39 is 5.97 Å². The Morgan fingerprint density at radius 2 is 2.19 bits per heavy atom. The van der Waals surface area contributed by atoms with E-state index in [1.165, 1.54) is 16.7 Å². The zero-order valence-electron chi connectivity index (χ0n) is 11.4. The molecule has 0 saturated carbocycles. The third-order valence-electron chi connectivity index (χ3n) is 3.47. The van der Waals surface area contributed by atoms with Crippen molar-refractivity contribution in [2.24, 2.45) is 7.05 Å². The predicted molar refractivity (Wildman–Crippen MR) is 74.3 cm³/mol. The third-order valence-corrected chi connectivity index (χ3v) is 3.47. The number of imidazole rings is 1. The van der Waals surface area contributed by atoms with Crippen molar-refractivity contribution < 1.29 is 9.90 Å². The maximum atomic E-state index is 12.2. The lowest BCUT2D eigenvalue weighted by Gasteiger charge is -2.12. The third kappa shape index (κ3) is 2.00. The van der Waals surface area contributed by atoms with Crippen LogP contribution in [0.3, 0.4) is 0 Å². The molecule has 3 aromatic rings. The van der Waals surface area contributed by atoms with E-state index in [0.29, 0.717) is 16.9 Å². The molecule has 0 spiro atoms. The van der Waals surface area contributed by atoms with E-state index >= 15 is 0 Å². The molecule has 2 heterocycles. The fourth-order valence-electron chi connectivity index (χ4n) is 2.42. The summed E-state index contributed by atoms with van der Waals surface area (Å²) >= 11 is 0. The van der Waals surface area contributed by atoms with Gasteiger partial charge in [-0.05, 0) is 25.1 Å². The van der Waals surface area contributed by atoms with Crippen LogP contribution in [0.2, 0.25) is 0 Å². The van der Waals surface area contributed by atoms with Crippen LogP contribution in [0.4, 0.5) is 0 Å². The lowest BCUT2D eigenvalue weighted by atomic mass is 10.2. The fraction of sp³-hybridized carbons (Fsp3) is 0.231. The molecule has 0 bridgehead atoms. The predicted octanol–water partition coefficient (Wildman–Crippen LogP) is 0.766. The summed E-state index contributed by atoms with van der Waals surface area (Å²) in [4.78, 5) is 26.0. The number of aromatic carboxylic acids is 1. The number of hydrogen-bond donors (Lipinski definition) is 2. The summed E-state index contributed by atoms with van der Waals surface area (Å²) in [5.41, 5.74) is 0.915. The van der Waals surface area contributed by atoms with E-state index in [2.05, 4.69) is 15.2 Å². The Kier molecular flexibility index (Phi) is 2.86. The Morgan fingerprint density at radius 3 is 2.81 bits per heavy atom. The van der Waals surface area contributed by atoms with Crippen molar-refractivity contribution >= 4 is 17.0 Å². The highest BCUT2D eigenvalue weighted by Gasteiger charge is 2.19. The Hall–Kier alpha value is -2.90. The van der Waals surface area contributed by atoms with Gasteiger partial charge in [0.05, 0.1) is 22.6 Å². The monoisotopic (exact) mass is 287 g/mol. The minimum absolute atomic E-state index is 0.125. The average molecular weight is 287 g/mol. The van der Waals surface area contributed by atoms with Gasteiger partial charge in [0.1, 0.15) is 6.33 Å². The van der Waals surface area contributed by atoms with Crippen LogP contribution in [0.25, 0.3) is 11.0 Å². The smallest absolute Gasteiger partial charge is 0.335 e. The number of aryl methyl sites for hydroxylation is 1. The summed E-state index contributed by atoms with van der Waals surface area (Å²) in [6.07, 6.45) is 1.55. The Balaban J connectivity index is 2.24. The van der Waals surface area contributed by atoms with E-state index in [4.69, 9.17) is 5.11 Å². The van der Waals surface area contributed by atoms with Crippen molar-refractivity contribution in [2.45, 2.75) is 13.0 Å². The number of nitrogens with zero attached hydrogens (tertiary/aromatic N) is 4. The van der Waals surface area contributed by atoms with Crippen LogP contribution in [-0.2, 0) is 7.05 Å². The highest BCUT2D eigenvalue weighted by atomic mass is 16.4. The molecule has 0 aliphatic rings. The molecule has 0 aliphatic carbocycles. The van der Waals surface area contributed by atoms with Gasteiger partial charge in [-0.1, -0.05) is 0 Å². The van der Waals surface area contributed by atoms with E-state index in [1.807, 2.05) is 6.92 Å². The Labute approximate surface area is 118 Å². The Bertz CT molecular complexity index is 889. The van der Waals surface area contributed by atoms with Crippen LogP contribution in [0.5, 0.6) is 0 Å². The van der Waals surface area contributed by atoms with E-state index in [1.54, 1.807) is 24.0 Å². The number of nitrogens with one attached hydrogen (secondary N) is 1. The second-order valence-electron chi connectivity index (χ2n) is 4.81. The van der Waals surface area contributed by atoms with Crippen molar-refractivity contribution in [3.05, 3.63) is 46.4 Å². The largest absolute Gasteiger partial charge is 0.478 e. The first-order valence-corrected chi connectivity index (χ1v) is 6.30. The maximum absolute atomic E-state index is 12.2. The number of hydrogen-bond acceptors (Lipinski definition) is 4. The number of H-pyrrole nitrogens is 1. The molecule has 0 fully saturated rings. The molecule has 0 aliphatic heterocycles. The molecule has 21 heavy (non-hydrogen) atoms. The van der Waals surface area contributed by atoms with E-state index in [9.17, 15) is 9.59 Å². The summed E-state index contributed by atoms with van der Waals surface area (Å²) in [5, 5.41) is 16.9. The normalized spacial score (nSPS) is 12.7. The lowest BCUT2D eigenvalue weighted by Crippen LogP contribution is -2.23. The topological polar surface area (TPSA) is 106 Å². The van der Waals surface area contributed by atoms with Crippen LogP contribution in [0.15, 0.2) is 29.3 Å². The molecule has 2 N–H and O–H groups in total. The molecule has 0 saturated heterocycles. The number of carbonyl (C=O) groups is 1. The fourth-order valence-corrected chi connectivity index (χ4v) is 2.42. The van der Waals surface area contributed by atoms with Gasteiger partial charge >= 0.3 is 11.7 Å². The van der Waals surface area contributed by atoms with Crippen LogP contribution < -0.4 is 5.69 Å². The SMILES string of the molecule is CC(c1nncn1C)n1c(=O)[nH]c2ccc(C(=O)O)cc21. The molecule has 8 heteroatoms. The minimum Gasteiger partial charge on any atom is -0.478 e. The Morgan fingerprint density at radius 1 is 1.43 bits per heavy atom. The van der Waals surface area contributed by atoms with Gasteiger partial charge in [0.15, 0.2) is 5.82 Å². The zero-order chi connectivity index (χ0) is 15.1. The average Bonchev–Trinajstić information content (AvgIpc) is 2.99. The van der Waals surface area contributed by atoms with Gasteiger partial charge in [-0.2, -0.15) is 0 Å². The molecular formula is C13H13N5O3. The number of carboxylic acid groups (broad SMARTS) is 1. The van der Waals surface area contributed by atoms with E-state index in [0.717, 1.165) is 0 Å². The molecule has 1 aromatic carbocycles. The lowest BCUT2D eigenvalue weighted by molar-refractivity contribution is 0.0697. The minimum atomic E-state index is -1.04. The number of fused-ring (bicyclic) bond motifs is 1. The molecule has 2 aromatic heterocycles. The molecule has 3 rings (SSSR count). The van der Waals surface area contributed by atoms with Gasteiger partial charge in [-0.25, -0.2) is 9.59 Å². The molecule has 108 valence electrons. The number of carboxylic acids is 1. The summed E-state index contributed by atoms with van der Waals surface area (Å²) in [6, 6.07) is 4.14. The molecular weight excluding hydrogens is 274 g/mol. The second-order valence-corrected chi connectivity index (χ2v) is 4.81. The summed E-state index contributed by atoms with van der Waals surface area (Å²) < 4.78 is 3.20. The maximum Gasteiger partial charge on any atom is 0.335 e. The van der Waals surface area contributed by atoms with Gasteiger partial charge in [0.2, 0.25) is 0 Å². The first-order valence-electron chi connectivity index (χ1n) is 6.30. The van der Waals surface area contributed by atoms with Gasteiger partial charge in [-0.3, -0.25) is 4.57 Å². The van der Waals surface area contributed by atoms with Gasteiger partial charge in [-0.15, -0.1) is 10.2 Å². The van der Waals surface area contributed by atoms with Crippen molar-refractivity contribution in [3.63, 3.8) is 0 Å². The van der Waals surface area contributed by atoms with Crippen LogP contribution in [0, 0.1) is 0 Å². The summed E-state index contributed by atoms with van der Waals surface area (Å²) in [5.74, 6) is -0.429. The first-order chi connectivity index (χ1) is 9.99. The zero-order valence-corrected chi connectivity index (χ0v) is 11.4. The van der Waals surface area contributed by atoms with Crippen molar-refractivity contribution in [3.8, 4) is 0 Å². The highest BCUT2D eigenvalue weighted by molar-refractivity contribution is 5.92. The summed E-state index contributed by atoms with van der Waals surface area (Å²) in [7, 11) is 1.79. The van der Waals surface area contributed by atoms with Crippen LogP contribution in [-0.4, -0.2) is 35.4 Å². The first kappa shape index (κ1) is 13.1. The molecule has 1 atom stereocenters. The molecule has 8 nitrogen and oxygen atoms in total.